The van der Waals surface area contributed by atoms with E-state index >= 15 is 0 Å². The number of benzene rings is 2. The number of nitrogens with one attached hydrogen (secondary N) is 1. The van der Waals surface area contributed by atoms with Gasteiger partial charge in [0.15, 0.2) is 0 Å². The number of amides is 1. The zero-order chi connectivity index (χ0) is 16.8. The Balaban J connectivity index is 2.07. The van der Waals surface area contributed by atoms with Crippen LogP contribution in [0.25, 0.3) is 0 Å². The highest BCUT2D eigenvalue weighted by molar-refractivity contribution is 6.05. The van der Waals surface area contributed by atoms with E-state index in [4.69, 9.17) is 9.47 Å². The molecule has 0 heterocycles. The zero-order valence-corrected chi connectivity index (χ0v) is 12.7. The van der Waals surface area contributed by atoms with Gasteiger partial charge in [0, 0.05) is 5.56 Å². The van der Waals surface area contributed by atoms with Gasteiger partial charge in [-0.1, -0.05) is 12.1 Å². The molecule has 2 rings (SSSR count). The maximum Gasteiger partial charge on any atom is 0.255 e. The third-order valence-corrected chi connectivity index (χ3v) is 3.12. The molecule has 1 amide bonds. The fourth-order valence-corrected chi connectivity index (χ4v) is 1.88. The second kappa shape index (κ2) is 7.31. The number of carbonyl (C=O) groups excluding carboxylic acids is 2. The van der Waals surface area contributed by atoms with Crippen LogP contribution < -0.4 is 19.9 Å². The standard InChI is InChI=1S/C17H17NO5/c1-11(17(20)21)23-13-9-7-12(8-10-13)16(19)18-14-5-3-4-6-15(14)22-2/h3-11H,1-2H3,(H,18,19)(H,20,21)/p-1/t11-/m1/s1. The number of hydrogen-bond donors (Lipinski definition) is 1. The number of carboxylic acids is 1. The van der Waals surface area contributed by atoms with Crippen molar-refractivity contribution in [3.8, 4) is 11.5 Å². The van der Waals surface area contributed by atoms with Gasteiger partial charge in [0.05, 0.1) is 18.8 Å². The summed E-state index contributed by atoms with van der Waals surface area (Å²) in [5.41, 5.74) is 0.968. The molecule has 0 saturated carbocycles. The first-order chi connectivity index (χ1) is 11.0. The molecule has 0 aliphatic heterocycles. The van der Waals surface area contributed by atoms with Crippen molar-refractivity contribution in [2.45, 2.75) is 13.0 Å². The van der Waals surface area contributed by atoms with Gasteiger partial charge in [0.2, 0.25) is 0 Å². The van der Waals surface area contributed by atoms with E-state index in [1.54, 1.807) is 36.4 Å². The molecule has 0 bridgehead atoms. The number of aliphatic carboxylic acids is 1. The summed E-state index contributed by atoms with van der Waals surface area (Å²) in [6.45, 7) is 1.37. The maximum absolute atomic E-state index is 12.2. The lowest BCUT2D eigenvalue weighted by atomic mass is 10.2. The maximum atomic E-state index is 12.2. The van der Waals surface area contributed by atoms with Crippen LogP contribution in [0.15, 0.2) is 48.5 Å². The molecule has 0 aliphatic carbocycles. The molecular weight excluding hydrogens is 298 g/mol. The van der Waals surface area contributed by atoms with Crippen molar-refractivity contribution in [2.24, 2.45) is 0 Å². The number of rotatable bonds is 6. The van der Waals surface area contributed by atoms with Gasteiger partial charge in [0.1, 0.15) is 17.6 Å². The van der Waals surface area contributed by atoms with E-state index in [-0.39, 0.29) is 5.91 Å². The Morgan fingerprint density at radius 2 is 1.74 bits per heavy atom. The smallest absolute Gasteiger partial charge is 0.255 e. The van der Waals surface area contributed by atoms with E-state index in [1.165, 1.54) is 26.2 Å². The minimum absolute atomic E-state index is 0.311. The lowest BCUT2D eigenvalue weighted by Crippen LogP contribution is -2.37. The van der Waals surface area contributed by atoms with Crippen LogP contribution in [-0.4, -0.2) is 25.1 Å². The molecule has 0 saturated heterocycles. The second-order valence-electron chi connectivity index (χ2n) is 4.76. The number of anilines is 1. The molecule has 0 aromatic heterocycles. The van der Waals surface area contributed by atoms with Crippen LogP contribution in [0.2, 0.25) is 0 Å². The molecule has 2 aromatic rings. The summed E-state index contributed by atoms with van der Waals surface area (Å²) in [5.74, 6) is -0.712. The summed E-state index contributed by atoms with van der Waals surface area (Å²) < 4.78 is 10.3. The summed E-state index contributed by atoms with van der Waals surface area (Å²) in [4.78, 5) is 22.8. The van der Waals surface area contributed by atoms with Crippen LogP contribution in [0.1, 0.15) is 17.3 Å². The average molecular weight is 314 g/mol. The van der Waals surface area contributed by atoms with Crippen LogP contribution in [0.3, 0.4) is 0 Å². The molecule has 2 aromatic carbocycles. The van der Waals surface area contributed by atoms with E-state index < -0.39 is 12.1 Å². The second-order valence-corrected chi connectivity index (χ2v) is 4.76. The van der Waals surface area contributed by atoms with Gasteiger partial charge in [-0.3, -0.25) is 4.79 Å². The molecule has 6 heteroatoms. The SMILES string of the molecule is COc1ccccc1NC(=O)c1ccc(O[C@H](C)C(=O)[O-])cc1. The topological polar surface area (TPSA) is 87.7 Å². The van der Waals surface area contributed by atoms with E-state index in [0.717, 1.165) is 0 Å². The van der Waals surface area contributed by atoms with Gasteiger partial charge in [-0.25, -0.2) is 0 Å². The minimum atomic E-state index is -1.30. The number of carbonyl (C=O) groups is 2. The molecule has 0 radical (unpaired) electrons. The summed E-state index contributed by atoms with van der Waals surface area (Å²) in [5, 5.41) is 13.4. The molecule has 1 N–H and O–H groups in total. The van der Waals surface area contributed by atoms with Gasteiger partial charge >= 0.3 is 0 Å². The van der Waals surface area contributed by atoms with Crippen molar-refractivity contribution in [3.05, 3.63) is 54.1 Å². The summed E-state index contributed by atoms with van der Waals surface area (Å²) in [7, 11) is 1.52. The van der Waals surface area contributed by atoms with Gasteiger partial charge in [0.25, 0.3) is 5.91 Å². The van der Waals surface area contributed by atoms with Crippen LogP contribution in [-0.2, 0) is 4.79 Å². The minimum Gasteiger partial charge on any atom is -0.546 e. The molecule has 23 heavy (non-hydrogen) atoms. The van der Waals surface area contributed by atoms with Crippen LogP contribution in [0.4, 0.5) is 5.69 Å². The predicted molar refractivity (Wildman–Crippen MR) is 82.5 cm³/mol. The number of carboxylic acid groups (broad SMARTS) is 1. The Morgan fingerprint density at radius 3 is 2.35 bits per heavy atom. The number of hydrogen-bond acceptors (Lipinski definition) is 5. The van der Waals surface area contributed by atoms with Crippen LogP contribution >= 0.6 is 0 Å². The van der Waals surface area contributed by atoms with Crippen molar-refractivity contribution >= 4 is 17.6 Å². The average Bonchev–Trinajstić information content (AvgIpc) is 2.55. The van der Waals surface area contributed by atoms with Gasteiger partial charge in [-0.05, 0) is 43.3 Å². The van der Waals surface area contributed by atoms with Gasteiger partial charge in [-0.2, -0.15) is 0 Å². The van der Waals surface area contributed by atoms with Crippen molar-refractivity contribution in [2.75, 3.05) is 12.4 Å². The first-order valence-electron chi connectivity index (χ1n) is 6.93. The predicted octanol–water partition coefficient (Wildman–Crippen LogP) is 1.46. The lowest BCUT2D eigenvalue weighted by Gasteiger charge is -2.15. The number of para-hydroxylation sites is 2. The fraction of sp³-hybridized carbons (Fsp3) is 0.176. The molecule has 6 nitrogen and oxygen atoms in total. The number of ether oxygens (including phenoxy) is 2. The fourth-order valence-electron chi connectivity index (χ4n) is 1.88. The largest absolute Gasteiger partial charge is 0.546 e. The van der Waals surface area contributed by atoms with Gasteiger partial charge < -0.3 is 24.7 Å². The number of methoxy groups -OCH3 is 1. The Kier molecular flexibility index (Phi) is 5.19. The molecular formula is C17H16NO5-. The van der Waals surface area contributed by atoms with Crippen molar-refractivity contribution < 1.29 is 24.2 Å². The quantitative estimate of drug-likeness (QED) is 0.872. The Labute approximate surface area is 133 Å². The molecule has 1 atom stereocenters. The third kappa shape index (κ3) is 4.23. The van der Waals surface area contributed by atoms with E-state index in [0.29, 0.717) is 22.7 Å². The monoisotopic (exact) mass is 314 g/mol. The molecule has 0 aliphatic rings. The highest BCUT2D eigenvalue weighted by atomic mass is 16.5. The Hall–Kier alpha value is -3.02. The van der Waals surface area contributed by atoms with Crippen LogP contribution in [0.5, 0.6) is 11.5 Å². The van der Waals surface area contributed by atoms with Crippen LogP contribution in [0, 0.1) is 0 Å². The summed E-state index contributed by atoms with van der Waals surface area (Å²) in [6, 6.07) is 13.2. The normalized spacial score (nSPS) is 11.4. The van der Waals surface area contributed by atoms with E-state index in [9.17, 15) is 14.7 Å². The van der Waals surface area contributed by atoms with Crippen molar-refractivity contribution in [3.63, 3.8) is 0 Å². The van der Waals surface area contributed by atoms with E-state index in [2.05, 4.69) is 5.32 Å². The van der Waals surface area contributed by atoms with Crippen molar-refractivity contribution in [1.29, 1.82) is 0 Å². The molecule has 120 valence electrons. The third-order valence-electron chi connectivity index (χ3n) is 3.12. The first kappa shape index (κ1) is 16.4. The summed E-state index contributed by atoms with van der Waals surface area (Å²) >= 11 is 0. The first-order valence-corrected chi connectivity index (χ1v) is 6.93. The summed E-state index contributed by atoms with van der Waals surface area (Å²) in [6.07, 6.45) is -1.07. The lowest BCUT2D eigenvalue weighted by molar-refractivity contribution is -0.312. The highest BCUT2D eigenvalue weighted by Gasteiger charge is 2.10. The van der Waals surface area contributed by atoms with E-state index in [1.807, 2.05) is 0 Å². The zero-order valence-electron chi connectivity index (χ0n) is 12.7. The van der Waals surface area contributed by atoms with Crippen molar-refractivity contribution in [1.82, 2.24) is 0 Å². The Morgan fingerprint density at radius 1 is 1.09 bits per heavy atom. The molecule has 0 unspecified atom stereocenters. The van der Waals surface area contributed by atoms with Gasteiger partial charge in [-0.15, -0.1) is 0 Å². The molecule has 0 spiro atoms. The molecule has 0 fully saturated rings. The highest BCUT2D eigenvalue weighted by Crippen LogP contribution is 2.24. The Bertz CT molecular complexity index is 696.